The number of thiazole rings is 1. The van der Waals surface area contributed by atoms with E-state index < -0.39 is 6.04 Å². The van der Waals surface area contributed by atoms with Gasteiger partial charge in [-0.2, -0.15) is 0 Å². The molecule has 196 valence electrons. The van der Waals surface area contributed by atoms with Gasteiger partial charge >= 0.3 is 0 Å². The smallest absolute Gasteiger partial charge is 0.246 e. The van der Waals surface area contributed by atoms with Crippen LogP contribution in [-0.4, -0.2) is 60.6 Å². The molecule has 7 nitrogen and oxygen atoms in total. The number of aromatic nitrogens is 1. The van der Waals surface area contributed by atoms with Gasteiger partial charge < -0.3 is 20.3 Å². The van der Waals surface area contributed by atoms with E-state index in [0.717, 1.165) is 41.9 Å². The molecule has 0 aliphatic carbocycles. The van der Waals surface area contributed by atoms with Gasteiger partial charge in [0.15, 0.2) is 0 Å². The Morgan fingerprint density at radius 1 is 1.11 bits per heavy atom. The Morgan fingerprint density at radius 3 is 2.65 bits per heavy atom. The second-order valence-corrected chi connectivity index (χ2v) is 11.1. The molecule has 0 bridgehead atoms. The molecule has 3 atom stereocenters. The molecular formula is C29H36N4O3S. The lowest BCUT2D eigenvalue weighted by Crippen LogP contribution is -2.56. The van der Waals surface area contributed by atoms with Gasteiger partial charge in [0.2, 0.25) is 11.8 Å². The van der Waals surface area contributed by atoms with Gasteiger partial charge in [-0.1, -0.05) is 36.4 Å². The van der Waals surface area contributed by atoms with E-state index in [1.807, 2.05) is 11.8 Å². The molecule has 0 radical (unpaired) electrons. The fourth-order valence-electron chi connectivity index (χ4n) is 5.56. The number of benzene rings is 2. The first-order valence-corrected chi connectivity index (χ1v) is 14.2. The number of likely N-dealkylation sites (N-methyl/N-ethyl adjacent to an activating group) is 1. The molecule has 1 aromatic heterocycles. The van der Waals surface area contributed by atoms with Crippen molar-refractivity contribution in [2.75, 3.05) is 26.8 Å². The van der Waals surface area contributed by atoms with Crippen LogP contribution >= 0.6 is 11.3 Å². The molecule has 2 aliphatic heterocycles. The molecule has 0 saturated carbocycles. The standard InChI is InChI=1S/C29H36N4O3S/c1-18-7-4-9-22-21(18)8-5-10-23(22)24-17-37-28(31-24)25-11-6-14-33(25)29(35)26(20-12-15-36-16-13-20)32-27(34)19(2)30-3/h4-5,7-10,17,19-20,25-26,30H,6,11-16H2,1-3H3,(H,32,34)/t19-,25-,26-/m0/s1. The average molecular weight is 521 g/mol. The molecule has 3 aromatic rings. The molecule has 2 aromatic carbocycles. The van der Waals surface area contributed by atoms with Gasteiger partial charge in [0.05, 0.1) is 17.8 Å². The highest BCUT2D eigenvalue weighted by atomic mass is 32.1. The largest absolute Gasteiger partial charge is 0.381 e. The lowest BCUT2D eigenvalue weighted by Gasteiger charge is -2.35. The monoisotopic (exact) mass is 520 g/mol. The summed E-state index contributed by atoms with van der Waals surface area (Å²) in [6, 6.07) is 11.7. The summed E-state index contributed by atoms with van der Waals surface area (Å²) in [6.07, 6.45) is 3.35. The third-order valence-corrected chi connectivity index (χ3v) is 8.83. The van der Waals surface area contributed by atoms with Crippen molar-refractivity contribution >= 4 is 33.9 Å². The Hall–Kier alpha value is -2.81. The molecular weight excluding hydrogens is 484 g/mol. The maximum absolute atomic E-state index is 14.0. The number of carbonyl (C=O) groups is 2. The van der Waals surface area contributed by atoms with Crippen LogP contribution < -0.4 is 10.6 Å². The van der Waals surface area contributed by atoms with Crippen LogP contribution in [-0.2, 0) is 14.3 Å². The predicted molar refractivity (Wildman–Crippen MR) is 147 cm³/mol. The second-order valence-electron chi connectivity index (χ2n) is 10.2. The zero-order valence-electron chi connectivity index (χ0n) is 21.8. The van der Waals surface area contributed by atoms with Gasteiger partial charge in [-0.25, -0.2) is 4.98 Å². The minimum atomic E-state index is -0.548. The highest BCUT2D eigenvalue weighted by Gasteiger charge is 2.40. The van der Waals surface area contributed by atoms with Crippen LogP contribution in [0.15, 0.2) is 41.8 Å². The lowest BCUT2D eigenvalue weighted by molar-refractivity contribution is -0.140. The van der Waals surface area contributed by atoms with E-state index in [9.17, 15) is 9.59 Å². The molecule has 3 heterocycles. The van der Waals surface area contributed by atoms with Crippen LogP contribution in [0, 0.1) is 12.8 Å². The third kappa shape index (κ3) is 5.28. The minimum Gasteiger partial charge on any atom is -0.381 e. The molecule has 2 saturated heterocycles. The van der Waals surface area contributed by atoms with Crippen molar-refractivity contribution in [1.82, 2.24) is 20.5 Å². The Labute approximate surface area is 222 Å². The number of hydrogen-bond acceptors (Lipinski definition) is 6. The van der Waals surface area contributed by atoms with Crippen LogP contribution in [0.3, 0.4) is 0 Å². The Balaban J connectivity index is 1.41. The summed E-state index contributed by atoms with van der Waals surface area (Å²) >= 11 is 1.62. The van der Waals surface area contributed by atoms with E-state index in [4.69, 9.17) is 9.72 Å². The molecule has 0 spiro atoms. The number of aryl methyl sites for hydroxylation is 1. The van der Waals surface area contributed by atoms with Crippen LogP contribution in [0.4, 0.5) is 0 Å². The molecule has 2 fully saturated rings. The molecule has 37 heavy (non-hydrogen) atoms. The summed E-state index contributed by atoms with van der Waals surface area (Å²) in [5.41, 5.74) is 3.32. The maximum Gasteiger partial charge on any atom is 0.246 e. The number of rotatable bonds is 7. The van der Waals surface area contributed by atoms with Crippen LogP contribution in [0.2, 0.25) is 0 Å². The van der Waals surface area contributed by atoms with Gasteiger partial charge in [-0.05, 0) is 68.8 Å². The molecule has 5 rings (SSSR count). The average Bonchev–Trinajstić information content (AvgIpc) is 3.61. The first kappa shape index (κ1) is 25.8. The third-order valence-electron chi connectivity index (χ3n) is 7.89. The molecule has 2 amide bonds. The van der Waals surface area contributed by atoms with E-state index in [1.165, 1.54) is 16.3 Å². The molecule has 2 N–H and O–H groups in total. The number of likely N-dealkylation sites (tertiary alicyclic amines) is 1. The van der Waals surface area contributed by atoms with E-state index in [0.29, 0.717) is 19.8 Å². The topological polar surface area (TPSA) is 83.6 Å². The highest BCUT2D eigenvalue weighted by molar-refractivity contribution is 7.10. The normalized spacial score (nSPS) is 20.2. The zero-order chi connectivity index (χ0) is 25.9. The van der Waals surface area contributed by atoms with E-state index >= 15 is 0 Å². The van der Waals surface area contributed by atoms with Gasteiger partial charge in [-0.3, -0.25) is 9.59 Å². The number of nitrogens with one attached hydrogen (secondary N) is 2. The number of hydrogen-bond donors (Lipinski definition) is 2. The SMILES string of the molecule is CN[C@@H](C)C(=O)N[C@H](C(=O)N1CCC[C@H]1c1nc(-c2cccc3c(C)cccc23)cs1)C1CCOCC1. The number of carbonyl (C=O) groups excluding carboxylic acids is 2. The summed E-state index contributed by atoms with van der Waals surface area (Å²) in [5.74, 6) is -0.0734. The van der Waals surface area contributed by atoms with Crippen molar-refractivity contribution in [2.24, 2.45) is 5.92 Å². The van der Waals surface area contributed by atoms with E-state index in [-0.39, 0.29) is 29.8 Å². The van der Waals surface area contributed by atoms with E-state index in [2.05, 4.69) is 59.3 Å². The van der Waals surface area contributed by atoms with Gasteiger partial charge in [0.25, 0.3) is 0 Å². The Kier molecular flexibility index (Phi) is 7.88. The summed E-state index contributed by atoms with van der Waals surface area (Å²) in [5, 5.41) is 11.6. The van der Waals surface area contributed by atoms with Crippen molar-refractivity contribution in [1.29, 1.82) is 0 Å². The zero-order valence-corrected chi connectivity index (χ0v) is 22.6. The second kappa shape index (κ2) is 11.3. The maximum atomic E-state index is 14.0. The number of amides is 2. The number of nitrogens with zero attached hydrogens (tertiary/aromatic N) is 2. The van der Waals surface area contributed by atoms with Crippen molar-refractivity contribution in [2.45, 2.75) is 57.7 Å². The van der Waals surface area contributed by atoms with Crippen LogP contribution in [0.5, 0.6) is 0 Å². The van der Waals surface area contributed by atoms with Crippen molar-refractivity contribution in [3.63, 3.8) is 0 Å². The first-order chi connectivity index (χ1) is 18.0. The molecule has 2 aliphatic rings. The number of fused-ring (bicyclic) bond motifs is 1. The van der Waals surface area contributed by atoms with Gasteiger partial charge in [-0.15, -0.1) is 11.3 Å². The number of ether oxygens (including phenoxy) is 1. The van der Waals surface area contributed by atoms with Crippen LogP contribution in [0.1, 0.15) is 49.2 Å². The fraction of sp³-hybridized carbons (Fsp3) is 0.483. The molecule has 8 heteroatoms. The van der Waals surface area contributed by atoms with Crippen molar-refractivity contribution in [3.05, 3.63) is 52.3 Å². The lowest BCUT2D eigenvalue weighted by atomic mass is 9.90. The summed E-state index contributed by atoms with van der Waals surface area (Å²) < 4.78 is 5.54. The van der Waals surface area contributed by atoms with Crippen molar-refractivity contribution < 1.29 is 14.3 Å². The first-order valence-electron chi connectivity index (χ1n) is 13.3. The van der Waals surface area contributed by atoms with Crippen LogP contribution in [0.25, 0.3) is 22.0 Å². The van der Waals surface area contributed by atoms with Gasteiger partial charge in [0.1, 0.15) is 11.0 Å². The summed E-state index contributed by atoms with van der Waals surface area (Å²) in [7, 11) is 1.75. The fourth-order valence-corrected chi connectivity index (χ4v) is 6.53. The highest BCUT2D eigenvalue weighted by Crippen LogP contribution is 2.38. The van der Waals surface area contributed by atoms with E-state index in [1.54, 1.807) is 18.4 Å². The summed E-state index contributed by atoms with van der Waals surface area (Å²) in [6.45, 7) is 5.87. The Bertz CT molecular complexity index is 1270. The Morgan fingerprint density at radius 2 is 1.86 bits per heavy atom. The predicted octanol–water partition coefficient (Wildman–Crippen LogP) is 4.45. The quantitative estimate of drug-likeness (QED) is 0.481. The minimum absolute atomic E-state index is 0.00332. The molecule has 0 unspecified atom stereocenters. The summed E-state index contributed by atoms with van der Waals surface area (Å²) in [4.78, 5) is 33.8. The van der Waals surface area contributed by atoms with Crippen molar-refractivity contribution in [3.8, 4) is 11.3 Å². The van der Waals surface area contributed by atoms with Gasteiger partial charge in [0, 0.05) is 30.7 Å².